The lowest BCUT2D eigenvalue weighted by Crippen LogP contribution is -2.56. The van der Waals surface area contributed by atoms with E-state index in [1.807, 2.05) is 0 Å². The molecule has 6 nitrogen and oxygen atoms in total. The Morgan fingerprint density at radius 2 is 1.94 bits per heavy atom. The molecule has 0 fully saturated rings. The van der Waals surface area contributed by atoms with Gasteiger partial charge in [-0.05, 0) is 43.6 Å². The largest absolute Gasteiger partial charge is 0.443 e. The van der Waals surface area contributed by atoms with Crippen LogP contribution in [0.5, 0.6) is 0 Å². The van der Waals surface area contributed by atoms with Crippen LogP contribution >= 0.6 is 15.9 Å². The molecule has 1 rings (SSSR count). The van der Waals surface area contributed by atoms with Crippen molar-refractivity contribution in [2.75, 3.05) is 7.05 Å². The van der Waals surface area contributed by atoms with Crippen LogP contribution in [0.4, 0.5) is 4.79 Å². The fraction of sp³-hybridized carbons (Fsp3) is 0.636. The Morgan fingerprint density at radius 3 is 2.39 bits per heavy atom. The molecule has 0 aliphatic carbocycles. The van der Waals surface area contributed by atoms with Gasteiger partial charge >= 0.3 is 6.09 Å². The maximum atomic E-state index is 12.0. The van der Waals surface area contributed by atoms with E-state index in [-0.39, 0.29) is 0 Å². The van der Waals surface area contributed by atoms with Gasteiger partial charge in [0.15, 0.2) is 0 Å². The van der Waals surface area contributed by atoms with E-state index in [4.69, 9.17) is 4.74 Å². The van der Waals surface area contributed by atoms with Crippen molar-refractivity contribution in [3.63, 3.8) is 0 Å². The van der Waals surface area contributed by atoms with E-state index in [0.717, 1.165) is 0 Å². The van der Waals surface area contributed by atoms with Crippen LogP contribution in [0.1, 0.15) is 27.7 Å². The molecule has 1 unspecified atom stereocenters. The van der Waals surface area contributed by atoms with E-state index in [1.54, 1.807) is 34.7 Å². The highest BCUT2D eigenvalue weighted by Gasteiger charge is 2.40. The number of hydrogen-bond donors (Lipinski definition) is 1. The van der Waals surface area contributed by atoms with Gasteiger partial charge < -0.3 is 14.7 Å². The summed E-state index contributed by atoms with van der Waals surface area (Å²) in [5, 5.41) is 9.93. The molecule has 7 heteroatoms. The Labute approximate surface area is 114 Å². The van der Waals surface area contributed by atoms with Crippen LogP contribution < -0.4 is 0 Å². The van der Waals surface area contributed by atoms with Crippen LogP contribution in [0, 0.1) is 0 Å². The van der Waals surface area contributed by atoms with Gasteiger partial charge in [-0.3, -0.25) is 4.79 Å². The molecular formula is C11H17BrN2O4. The number of aliphatic hydroxyl groups excluding tert-OH is 1. The minimum atomic E-state index is -1.38. The summed E-state index contributed by atoms with van der Waals surface area (Å²) in [7, 11) is 1.56. The van der Waals surface area contributed by atoms with Gasteiger partial charge in [-0.2, -0.15) is 4.90 Å². The number of rotatable bonds is 0. The van der Waals surface area contributed by atoms with E-state index in [9.17, 15) is 14.7 Å². The number of nitrogens with zero attached hydrogens (tertiary/aromatic N) is 2. The van der Waals surface area contributed by atoms with E-state index in [1.165, 1.54) is 4.90 Å². The monoisotopic (exact) mass is 320 g/mol. The Morgan fingerprint density at radius 1 is 1.44 bits per heavy atom. The van der Waals surface area contributed by atoms with Gasteiger partial charge in [0.25, 0.3) is 5.91 Å². The van der Waals surface area contributed by atoms with Crippen LogP contribution in [-0.2, 0) is 9.53 Å². The smallest absolute Gasteiger partial charge is 0.421 e. The van der Waals surface area contributed by atoms with Crippen molar-refractivity contribution in [1.82, 2.24) is 9.80 Å². The molecule has 1 heterocycles. The van der Waals surface area contributed by atoms with Gasteiger partial charge in [-0.25, -0.2) is 4.79 Å². The third-order valence-electron chi connectivity index (χ3n) is 2.33. The van der Waals surface area contributed by atoms with Crippen molar-refractivity contribution in [3.05, 3.63) is 10.2 Å². The molecule has 18 heavy (non-hydrogen) atoms. The van der Waals surface area contributed by atoms with Crippen LogP contribution in [0.25, 0.3) is 0 Å². The number of carbonyl (C=O) groups is 2. The maximum absolute atomic E-state index is 12.0. The first-order chi connectivity index (χ1) is 8.06. The Kier molecular flexibility index (Phi) is 4.07. The fourth-order valence-corrected chi connectivity index (χ4v) is 1.75. The predicted molar refractivity (Wildman–Crippen MR) is 68.5 cm³/mol. The molecule has 0 aromatic rings. The molecule has 1 N–H and O–H groups in total. The zero-order chi connectivity index (χ0) is 14.2. The first-order valence-electron chi connectivity index (χ1n) is 5.40. The molecule has 0 bridgehead atoms. The standard InChI is InChI=1S/C11H17BrN2O4/c1-6-7(12)13(5)9(16)14(8(6)15)10(17)18-11(2,3)4/h9,16H,1-5H3. The fourth-order valence-electron chi connectivity index (χ4n) is 1.40. The van der Waals surface area contributed by atoms with Gasteiger partial charge in [0.05, 0.1) is 4.61 Å². The Balaban J connectivity index is 3.04. The number of ether oxygens (including phenoxy) is 1. The summed E-state index contributed by atoms with van der Waals surface area (Å²) in [6.45, 7) is 6.63. The predicted octanol–water partition coefficient (Wildman–Crippen LogP) is 1.60. The quantitative estimate of drug-likeness (QED) is 0.686. The van der Waals surface area contributed by atoms with Gasteiger partial charge in [-0.15, -0.1) is 0 Å². The highest BCUT2D eigenvalue weighted by molar-refractivity contribution is 9.11. The van der Waals surface area contributed by atoms with Crippen molar-refractivity contribution in [1.29, 1.82) is 0 Å². The van der Waals surface area contributed by atoms with E-state index < -0.39 is 24.0 Å². The van der Waals surface area contributed by atoms with Gasteiger partial charge in [0.1, 0.15) is 5.60 Å². The minimum absolute atomic E-state index is 0.327. The second kappa shape index (κ2) is 4.89. The van der Waals surface area contributed by atoms with E-state index in [0.29, 0.717) is 15.1 Å². The molecule has 0 aromatic heterocycles. The number of aliphatic hydroxyl groups is 1. The summed E-state index contributed by atoms with van der Waals surface area (Å²) in [4.78, 5) is 25.9. The molecule has 1 aliphatic rings. The van der Waals surface area contributed by atoms with Crippen molar-refractivity contribution in [3.8, 4) is 0 Å². The van der Waals surface area contributed by atoms with Crippen molar-refractivity contribution >= 4 is 27.9 Å². The number of hydrogen-bond acceptors (Lipinski definition) is 5. The van der Waals surface area contributed by atoms with Crippen LogP contribution in [0.15, 0.2) is 10.2 Å². The molecule has 1 atom stereocenters. The minimum Gasteiger partial charge on any atom is -0.443 e. The number of carbonyl (C=O) groups excluding carboxylic acids is 2. The SMILES string of the molecule is CC1=C(Br)N(C)C(O)N(C(=O)OC(C)(C)C)C1=O. The first-order valence-corrected chi connectivity index (χ1v) is 6.19. The third-order valence-corrected chi connectivity index (χ3v) is 3.48. The summed E-state index contributed by atoms with van der Waals surface area (Å²) in [6.07, 6.45) is -2.25. The Bertz CT molecular complexity index is 414. The average Bonchev–Trinajstić information content (AvgIpc) is 2.21. The van der Waals surface area contributed by atoms with Crippen molar-refractivity contribution in [2.24, 2.45) is 0 Å². The molecule has 2 amide bonds. The summed E-state index contributed by atoms with van der Waals surface area (Å²) >= 11 is 3.18. The number of halogens is 1. The van der Waals surface area contributed by atoms with Crippen LogP contribution in [0.2, 0.25) is 0 Å². The van der Waals surface area contributed by atoms with Gasteiger partial charge in [0.2, 0.25) is 6.35 Å². The molecule has 0 aromatic carbocycles. The molecule has 0 spiro atoms. The molecule has 0 radical (unpaired) electrons. The Hall–Kier alpha value is -1.08. The second-order valence-corrected chi connectivity index (χ2v) is 5.78. The first kappa shape index (κ1) is 15.0. The summed E-state index contributed by atoms with van der Waals surface area (Å²) in [5.41, 5.74) is -0.407. The topological polar surface area (TPSA) is 70.1 Å². The van der Waals surface area contributed by atoms with Crippen molar-refractivity contribution in [2.45, 2.75) is 39.6 Å². The second-order valence-electron chi connectivity index (χ2n) is 5.03. The zero-order valence-electron chi connectivity index (χ0n) is 11.0. The third kappa shape index (κ3) is 2.84. The van der Waals surface area contributed by atoms with Crippen molar-refractivity contribution < 1.29 is 19.4 Å². The molecule has 102 valence electrons. The summed E-state index contributed by atoms with van der Waals surface area (Å²) in [6, 6.07) is 0. The highest BCUT2D eigenvalue weighted by atomic mass is 79.9. The van der Waals surface area contributed by atoms with Crippen LogP contribution in [-0.4, -0.2) is 45.9 Å². The number of imide groups is 1. The normalized spacial score (nSPS) is 21.5. The molecule has 0 saturated carbocycles. The molecule has 1 aliphatic heterocycles. The number of amides is 2. The van der Waals surface area contributed by atoms with E-state index >= 15 is 0 Å². The van der Waals surface area contributed by atoms with Gasteiger partial charge in [0, 0.05) is 12.6 Å². The highest BCUT2D eigenvalue weighted by Crippen LogP contribution is 2.27. The zero-order valence-corrected chi connectivity index (χ0v) is 12.6. The van der Waals surface area contributed by atoms with E-state index in [2.05, 4.69) is 15.9 Å². The van der Waals surface area contributed by atoms with Crippen LogP contribution in [0.3, 0.4) is 0 Å². The summed E-state index contributed by atoms with van der Waals surface area (Å²) < 4.78 is 5.54. The average molecular weight is 321 g/mol. The van der Waals surface area contributed by atoms with Gasteiger partial charge in [-0.1, -0.05) is 0 Å². The lowest BCUT2D eigenvalue weighted by molar-refractivity contribution is -0.149. The summed E-state index contributed by atoms with van der Waals surface area (Å²) in [5.74, 6) is -0.582. The lowest BCUT2D eigenvalue weighted by atomic mass is 10.2. The molecule has 0 saturated heterocycles. The lowest BCUT2D eigenvalue weighted by Gasteiger charge is -2.38. The molecular weight excluding hydrogens is 304 g/mol. The maximum Gasteiger partial charge on any atom is 0.421 e.